The fourth-order valence-electron chi connectivity index (χ4n) is 3.02. The van der Waals surface area contributed by atoms with Crippen LogP contribution in [0.1, 0.15) is 32.0 Å². The van der Waals surface area contributed by atoms with Crippen molar-refractivity contribution in [2.45, 2.75) is 13.1 Å². The molecule has 3 heterocycles. The summed E-state index contributed by atoms with van der Waals surface area (Å²) in [5, 5.41) is 12.0. The molecule has 9 heteroatoms. The third-order valence-electron chi connectivity index (χ3n) is 4.70. The van der Waals surface area contributed by atoms with Crippen LogP contribution in [0.3, 0.4) is 0 Å². The Labute approximate surface area is 176 Å². The highest BCUT2D eigenvalue weighted by Crippen LogP contribution is 2.10. The van der Waals surface area contributed by atoms with Gasteiger partial charge in [-0.15, -0.1) is 0 Å². The van der Waals surface area contributed by atoms with E-state index >= 15 is 0 Å². The molecule has 0 aliphatic carbocycles. The van der Waals surface area contributed by atoms with Crippen LogP contribution in [0.15, 0.2) is 72.2 Å². The van der Waals surface area contributed by atoms with Crippen LogP contribution in [0.5, 0.6) is 0 Å². The molecular formula is C22H17N5O4. The van der Waals surface area contributed by atoms with E-state index in [1.165, 1.54) is 35.3 Å². The van der Waals surface area contributed by atoms with Gasteiger partial charge in [0.2, 0.25) is 0 Å². The molecule has 0 radical (unpaired) electrons. The SMILES string of the molecule is O=C(O)c1ccc(Cn2cnc3cnc(C(=O)NCc4ccncc4)cc3c2=O)cc1. The number of pyridine rings is 2. The average molecular weight is 415 g/mol. The molecule has 0 aliphatic rings. The van der Waals surface area contributed by atoms with Gasteiger partial charge in [-0.05, 0) is 41.5 Å². The summed E-state index contributed by atoms with van der Waals surface area (Å²) in [5.74, 6) is -1.42. The maximum Gasteiger partial charge on any atom is 0.335 e. The zero-order valence-electron chi connectivity index (χ0n) is 16.2. The molecule has 0 unspecified atom stereocenters. The monoisotopic (exact) mass is 415 g/mol. The topological polar surface area (TPSA) is 127 Å². The molecule has 3 aromatic heterocycles. The number of benzene rings is 1. The lowest BCUT2D eigenvalue weighted by molar-refractivity contribution is 0.0696. The lowest BCUT2D eigenvalue weighted by Gasteiger charge is -2.08. The summed E-state index contributed by atoms with van der Waals surface area (Å²) in [4.78, 5) is 48.7. The minimum absolute atomic E-state index is 0.115. The van der Waals surface area contributed by atoms with Gasteiger partial charge in [-0.25, -0.2) is 14.8 Å². The van der Waals surface area contributed by atoms with Gasteiger partial charge < -0.3 is 10.4 Å². The number of fused-ring (bicyclic) bond motifs is 1. The quantitative estimate of drug-likeness (QED) is 0.492. The number of nitrogens with zero attached hydrogens (tertiary/aromatic N) is 4. The fourth-order valence-corrected chi connectivity index (χ4v) is 3.02. The lowest BCUT2D eigenvalue weighted by Crippen LogP contribution is -2.25. The second-order valence-electron chi connectivity index (χ2n) is 6.80. The van der Waals surface area contributed by atoms with E-state index in [4.69, 9.17) is 5.11 Å². The van der Waals surface area contributed by atoms with Crippen LogP contribution in [0.25, 0.3) is 10.9 Å². The molecule has 4 aromatic rings. The van der Waals surface area contributed by atoms with Crippen LogP contribution in [0, 0.1) is 0 Å². The van der Waals surface area contributed by atoms with E-state index in [2.05, 4.69) is 20.3 Å². The highest BCUT2D eigenvalue weighted by molar-refractivity contribution is 5.95. The molecule has 0 spiro atoms. The first-order valence-electron chi connectivity index (χ1n) is 9.36. The number of aromatic carboxylic acids is 1. The largest absolute Gasteiger partial charge is 0.478 e. The second kappa shape index (κ2) is 8.54. The smallest absolute Gasteiger partial charge is 0.335 e. The van der Waals surface area contributed by atoms with Gasteiger partial charge in [0.05, 0.1) is 35.5 Å². The molecule has 1 aromatic carbocycles. The Morgan fingerprint density at radius 3 is 2.45 bits per heavy atom. The van der Waals surface area contributed by atoms with Gasteiger partial charge >= 0.3 is 5.97 Å². The first-order chi connectivity index (χ1) is 15.0. The number of carboxylic acids is 1. The molecule has 9 nitrogen and oxygen atoms in total. The number of carboxylic acid groups (broad SMARTS) is 1. The molecule has 1 amide bonds. The third-order valence-corrected chi connectivity index (χ3v) is 4.70. The number of carbonyl (C=O) groups excluding carboxylic acids is 1. The van der Waals surface area contributed by atoms with Gasteiger partial charge in [-0.3, -0.25) is 19.1 Å². The molecule has 2 N–H and O–H groups in total. The Hall–Kier alpha value is -4.40. The molecule has 0 fully saturated rings. The zero-order chi connectivity index (χ0) is 21.8. The zero-order valence-corrected chi connectivity index (χ0v) is 16.2. The maximum atomic E-state index is 12.9. The molecule has 154 valence electrons. The summed E-state index contributed by atoms with van der Waals surface area (Å²) in [6, 6.07) is 11.3. The summed E-state index contributed by atoms with van der Waals surface area (Å²) in [5.41, 5.74) is 1.98. The van der Waals surface area contributed by atoms with Crippen LogP contribution in [-0.2, 0) is 13.1 Å². The van der Waals surface area contributed by atoms with Gasteiger partial charge in [0.25, 0.3) is 11.5 Å². The molecule has 31 heavy (non-hydrogen) atoms. The Morgan fingerprint density at radius 2 is 1.74 bits per heavy atom. The second-order valence-corrected chi connectivity index (χ2v) is 6.80. The number of amides is 1. The standard InChI is InChI=1S/C22H17N5O4/c28-20(25-10-14-5-7-23-8-6-14)18-9-17-19(11-24-18)26-13-27(21(17)29)12-15-1-3-16(4-2-15)22(30)31/h1-9,11,13H,10,12H2,(H,25,28)(H,30,31). The molecular weight excluding hydrogens is 398 g/mol. The van der Waals surface area contributed by atoms with Crippen molar-refractivity contribution in [3.05, 3.63) is 100 Å². The average Bonchev–Trinajstić information content (AvgIpc) is 2.80. The minimum atomic E-state index is -1.02. The Morgan fingerprint density at radius 1 is 1.00 bits per heavy atom. The van der Waals surface area contributed by atoms with E-state index in [0.717, 1.165) is 11.1 Å². The normalized spacial score (nSPS) is 10.7. The van der Waals surface area contributed by atoms with E-state index in [1.807, 2.05) is 0 Å². The van der Waals surface area contributed by atoms with E-state index in [-0.39, 0.29) is 28.7 Å². The van der Waals surface area contributed by atoms with Crippen LogP contribution in [0.4, 0.5) is 0 Å². The highest BCUT2D eigenvalue weighted by Gasteiger charge is 2.12. The summed E-state index contributed by atoms with van der Waals surface area (Å²) < 4.78 is 1.40. The number of aromatic nitrogens is 4. The summed E-state index contributed by atoms with van der Waals surface area (Å²) in [6.45, 7) is 0.526. The third kappa shape index (κ3) is 4.45. The van der Waals surface area contributed by atoms with E-state index in [0.29, 0.717) is 12.1 Å². The van der Waals surface area contributed by atoms with Gasteiger partial charge in [-0.1, -0.05) is 12.1 Å². The fraction of sp³-hybridized carbons (Fsp3) is 0.0909. The van der Waals surface area contributed by atoms with Gasteiger partial charge in [0.15, 0.2) is 0 Å². The van der Waals surface area contributed by atoms with Crippen molar-refractivity contribution in [2.24, 2.45) is 0 Å². The molecule has 0 saturated heterocycles. The number of rotatable bonds is 6. The van der Waals surface area contributed by atoms with Crippen molar-refractivity contribution in [2.75, 3.05) is 0 Å². The molecule has 0 atom stereocenters. The van der Waals surface area contributed by atoms with Crippen LogP contribution < -0.4 is 10.9 Å². The Balaban J connectivity index is 1.57. The van der Waals surface area contributed by atoms with Crippen molar-refractivity contribution in [3.8, 4) is 0 Å². The van der Waals surface area contributed by atoms with Crippen LogP contribution >= 0.6 is 0 Å². The maximum absolute atomic E-state index is 12.9. The van der Waals surface area contributed by atoms with Crippen molar-refractivity contribution in [1.29, 1.82) is 0 Å². The van der Waals surface area contributed by atoms with E-state index < -0.39 is 11.9 Å². The van der Waals surface area contributed by atoms with E-state index in [1.54, 1.807) is 36.7 Å². The summed E-state index contributed by atoms with van der Waals surface area (Å²) >= 11 is 0. The van der Waals surface area contributed by atoms with Gasteiger partial charge in [0, 0.05) is 18.9 Å². The molecule has 0 aliphatic heterocycles. The predicted molar refractivity (Wildman–Crippen MR) is 112 cm³/mol. The molecule has 0 saturated carbocycles. The number of hydrogen-bond donors (Lipinski definition) is 2. The number of nitrogens with one attached hydrogen (secondary N) is 1. The van der Waals surface area contributed by atoms with Crippen molar-refractivity contribution in [3.63, 3.8) is 0 Å². The summed E-state index contributed by atoms with van der Waals surface area (Å²) in [6.07, 6.45) is 6.07. The van der Waals surface area contributed by atoms with Crippen LogP contribution in [-0.4, -0.2) is 36.5 Å². The first-order valence-corrected chi connectivity index (χ1v) is 9.36. The van der Waals surface area contributed by atoms with Gasteiger partial charge in [-0.2, -0.15) is 0 Å². The Bertz CT molecular complexity index is 1320. The minimum Gasteiger partial charge on any atom is -0.478 e. The molecule has 0 bridgehead atoms. The molecule has 4 rings (SSSR count). The van der Waals surface area contributed by atoms with Gasteiger partial charge in [0.1, 0.15) is 5.69 Å². The van der Waals surface area contributed by atoms with E-state index in [9.17, 15) is 14.4 Å². The number of hydrogen-bond acceptors (Lipinski definition) is 6. The lowest BCUT2D eigenvalue weighted by atomic mass is 10.1. The number of carbonyl (C=O) groups is 2. The van der Waals surface area contributed by atoms with Crippen molar-refractivity contribution in [1.82, 2.24) is 24.8 Å². The van der Waals surface area contributed by atoms with Crippen molar-refractivity contribution < 1.29 is 14.7 Å². The Kier molecular flexibility index (Phi) is 5.48. The highest BCUT2D eigenvalue weighted by atomic mass is 16.4. The van der Waals surface area contributed by atoms with Crippen LogP contribution in [0.2, 0.25) is 0 Å². The van der Waals surface area contributed by atoms with Crippen molar-refractivity contribution >= 4 is 22.8 Å². The summed E-state index contributed by atoms with van der Waals surface area (Å²) in [7, 11) is 0. The first kappa shape index (κ1) is 19.9. The predicted octanol–water partition coefficient (Wildman–Crippen LogP) is 1.86.